The molecular formula is C21H31ClN6O2. The Labute approximate surface area is 183 Å². The molecule has 0 unspecified atom stereocenters. The number of hydrogen-bond donors (Lipinski definition) is 1. The van der Waals surface area contributed by atoms with E-state index in [-0.39, 0.29) is 5.56 Å². The third-order valence-electron chi connectivity index (χ3n) is 5.28. The molecule has 2 aromatic rings. The molecule has 30 heavy (non-hydrogen) atoms. The van der Waals surface area contributed by atoms with Crippen LogP contribution in [0.5, 0.6) is 5.75 Å². The molecule has 0 radical (unpaired) electrons. The monoisotopic (exact) mass is 434 g/mol. The Bertz CT molecular complexity index is 880. The summed E-state index contributed by atoms with van der Waals surface area (Å²) in [5.74, 6) is 0.908. The van der Waals surface area contributed by atoms with Gasteiger partial charge in [0.1, 0.15) is 11.4 Å². The van der Waals surface area contributed by atoms with Crippen LogP contribution in [0.1, 0.15) is 0 Å². The van der Waals surface area contributed by atoms with Crippen molar-refractivity contribution in [2.24, 2.45) is 0 Å². The number of hydrogen-bond acceptors (Lipinski definition) is 7. The standard InChI is InChI=1S/C21H31ClN6O2/c1-25(2)10-15-28-21(29)20(17(22)16-24-28)23-8-9-26-11-13-27(14-12-26)18-6-4-5-7-19(18)30-3/h4-7,16,23H,8-15H2,1-3H3. The SMILES string of the molecule is COc1ccccc1N1CCN(CCNc2c(Cl)cnn(CCN(C)C)c2=O)CC1. The number of para-hydroxylation sites is 2. The summed E-state index contributed by atoms with van der Waals surface area (Å²) in [5.41, 5.74) is 1.39. The molecular weight excluding hydrogens is 404 g/mol. The van der Waals surface area contributed by atoms with Crippen LogP contribution in [0.25, 0.3) is 0 Å². The minimum absolute atomic E-state index is 0.176. The van der Waals surface area contributed by atoms with Crippen molar-refractivity contribution in [3.8, 4) is 5.75 Å². The second-order valence-corrected chi connectivity index (χ2v) is 8.03. The van der Waals surface area contributed by atoms with Crippen LogP contribution in [-0.2, 0) is 6.54 Å². The Kier molecular flexibility index (Phi) is 7.95. The van der Waals surface area contributed by atoms with Crippen LogP contribution in [0.3, 0.4) is 0 Å². The summed E-state index contributed by atoms with van der Waals surface area (Å²) in [6.07, 6.45) is 1.53. The lowest BCUT2D eigenvalue weighted by atomic mass is 10.2. The molecule has 164 valence electrons. The number of nitrogens with one attached hydrogen (secondary N) is 1. The molecule has 0 aliphatic carbocycles. The summed E-state index contributed by atoms with van der Waals surface area (Å²) in [4.78, 5) is 19.4. The number of methoxy groups -OCH3 is 1. The second-order valence-electron chi connectivity index (χ2n) is 7.63. The molecule has 9 heteroatoms. The highest BCUT2D eigenvalue weighted by Crippen LogP contribution is 2.28. The van der Waals surface area contributed by atoms with Crippen molar-refractivity contribution in [1.29, 1.82) is 0 Å². The first-order valence-corrected chi connectivity index (χ1v) is 10.6. The molecule has 1 aromatic carbocycles. The number of piperazine rings is 1. The van der Waals surface area contributed by atoms with Crippen molar-refractivity contribution < 1.29 is 4.74 Å². The van der Waals surface area contributed by atoms with Gasteiger partial charge in [0.05, 0.1) is 30.6 Å². The van der Waals surface area contributed by atoms with Crippen molar-refractivity contribution in [1.82, 2.24) is 19.6 Å². The zero-order chi connectivity index (χ0) is 21.5. The fourth-order valence-electron chi connectivity index (χ4n) is 3.53. The third-order valence-corrected chi connectivity index (χ3v) is 5.57. The minimum atomic E-state index is -0.176. The smallest absolute Gasteiger partial charge is 0.291 e. The highest BCUT2D eigenvalue weighted by Gasteiger charge is 2.19. The van der Waals surface area contributed by atoms with Gasteiger partial charge in [-0.1, -0.05) is 23.7 Å². The number of halogens is 1. The molecule has 1 aromatic heterocycles. The summed E-state index contributed by atoms with van der Waals surface area (Å²) >= 11 is 6.22. The van der Waals surface area contributed by atoms with Crippen LogP contribution in [0.15, 0.2) is 35.3 Å². The normalized spacial score (nSPS) is 14.9. The predicted molar refractivity (Wildman–Crippen MR) is 122 cm³/mol. The molecule has 2 heterocycles. The maximum absolute atomic E-state index is 12.6. The van der Waals surface area contributed by atoms with E-state index in [2.05, 4.69) is 26.3 Å². The maximum atomic E-state index is 12.6. The Hall–Kier alpha value is -2.29. The average molecular weight is 435 g/mol. The van der Waals surface area contributed by atoms with E-state index in [1.807, 2.05) is 37.2 Å². The second kappa shape index (κ2) is 10.7. The molecule has 0 spiro atoms. The fraction of sp³-hybridized carbons (Fsp3) is 0.524. The maximum Gasteiger partial charge on any atom is 0.291 e. The summed E-state index contributed by atoms with van der Waals surface area (Å²) < 4.78 is 6.94. The van der Waals surface area contributed by atoms with Gasteiger partial charge >= 0.3 is 0 Å². The van der Waals surface area contributed by atoms with Crippen LogP contribution < -0.4 is 20.5 Å². The van der Waals surface area contributed by atoms with Gasteiger partial charge < -0.3 is 19.9 Å². The molecule has 1 N–H and O–H groups in total. The molecule has 3 rings (SSSR count). The van der Waals surface area contributed by atoms with Gasteiger partial charge in [-0.2, -0.15) is 5.10 Å². The molecule has 0 saturated carbocycles. The van der Waals surface area contributed by atoms with Crippen molar-refractivity contribution in [3.63, 3.8) is 0 Å². The molecule has 0 amide bonds. The first-order chi connectivity index (χ1) is 14.5. The number of likely N-dealkylation sites (N-methyl/N-ethyl adjacent to an activating group) is 1. The van der Waals surface area contributed by atoms with E-state index in [9.17, 15) is 4.79 Å². The van der Waals surface area contributed by atoms with Crippen LogP contribution in [0, 0.1) is 0 Å². The highest BCUT2D eigenvalue weighted by atomic mass is 35.5. The van der Waals surface area contributed by atoms with E-state index in [0.29, 0.717) is 23.8 Å². The Morgan fingerprint density at radius 2 is 1.90 bits per heavy atom. The van der Waals surface area contributed by atoms with Crippen LogP contribution in [-0.4, -0.2) is 86.6 Å². The summed E-state index contributed by atoms with van der Waals surface area (Å²) in [7, 11) is 5.64. The molecule has 1 aliphatic rings. The van der Waals surface area contributed by atoms with Gasteiger partial charge in [-0.3, -0.25) is 9.69 Å². The van der Waals surface area contributed by atoms with E-state index in [1.54, 1.807) is 7.11 Å². The van der Waals surface area contributed by atoms with Gasteiger partial charge in [0.15, 0.2) is 0 Å². The lowest BCUT2D eigenvalue weighted by Gasteiger charge is -2.36. The zero-order valence-electron chi connectivity index (χ0n) is 18.0. The quantitative estimate of drug-likeness (QED) is 0.644. The summed E-state index contributed by atoms with van der Waals surface area (Å²) in [6.45, 7) is 6.55. The minimum Gasteiger partial charge on any atom is -0.495 e. The molecule has 1 saturated heterocycles. The number of benzene rings is 1. The molecule has 0 atom stereocenters. The lowest BCUT2D eigenvalue weighted by molar-refractivity contribution is 0.266. The largest absolute Gasteiger partial charge is 0.495 e. The van der Waals surface area contributed by atoms with E-state index < -0.39 is 0 Å². The third kappa shape index (κ3) is 5.65. The van der Waals surface area contributed by atoms with E-state index in [1.165, 1.54) is 10.9 Å². The molecule has 8 nitrogen and oxygen atoms in total. The molecule has 1 aliphatic heterocycles. The van der Waals surface area contributed by atoms with E-state index in [0.717, 1.165) is 50.7 Å². The zero-order valence-corrected chi connectivity index (χ0v) is 18.7. The number of aromatic nitrogens is 2. The Morgan fingerprint density at radius 1 is 1.17 bits per heavy atom. The summed E-state index contributed by atoms with van der Waals surface area (Å²) in [5, 5.41) is 7.73. The van der Waals surface area contributed by atoms with Crippen LogP contribution >= 0.6 is 11.6 Å². The number of rotatable bonds is 9. The Morgan fingerprint density at radius 3 is 2.60 bits per heavy atom. The van der Waals surface area contributed by atoms with E-state index >= 15 is 0 Å². The number of anilines is 2. The molecule has 1 fully saturated rings. The van der Waals surface area contributed by atoms with Crippen LogP contribution in [0.4, 0.5) is 11.4 Å². The first kappa shape index (κ1) is 22.4. The van der Waals surface area contributed by atoms with Gasteiger partial charge in [0, 0.05) is 45.8 Å². The van der Waals surface area contributed by atoms with Gasteiger partial charge in [-0.15, -0.1) is 0 Å². The highest BCUT2D eigenvalue weighted by molar-refractivity contribution is 6.32. The van der Waals surface area contributed by atoms with Crippen molar-refractivity contribution in [2.75, 3.05) is 77.2 Å². The topological polar surface area (TPSA) is 65.9 Å². The predicted octanol–water partition coefficient (Wildman–Crippen LogP) is 1.70. The van der Waals surface area contributed by atoms with Gasteiger partial charge in [0.25, 0.3) is 5.56 Å². The lowest BCUT2D eigenvalue weighted by Crippen LogP contribution is -2.47. The number of ether oxygens (including phenoxy) is 1. The van der Waals surface area contributed by atoms with Crippen LogP contribution in [0.2, 0.25) is 5.02 Å². The molecule has 0 bridgehead atoms. The summed E-state index contributed by atoms with van der Waals surface area (Å²) in [6, 6.07) is 8.12. The van der Waals surface area contributed by atoms with Crippen molar-refractivity contribution in [3.05, 3.63) is 45.8 Å². The first-order valence-electron chi connectivity index (χ1n) is 10.2. The number of nitrogens with zero attached hydrogens (tertiary/aromatic N) is 5. The van der Waals surface area contributed by atoms with Crippen molar-refractivity contribution in [2.45, 2.75) is 6.54 Å². The van der Waals surface area contributed by atoms with E-state index in [4.69, 9.17) is 16.3 Å². The van der Waals surface area contributed by atoms with Gasteiger partial charge in [-0.25, -0.2) is 4.68 Å². The van der Waals surface area contributed by atoms with Crippen molar-refractivity contribution >= 4 is 23.0 Å². The van der Waals surface area contributed by atoms with Gasteiger partial charge in [0.2, 0.25) is 0 Å². The van der Waals surface area contributed by atoms with Gasteiger partial charge in [-0.05, 0) is 26.2 Å². The fourth-order valence-corrected chi connectivity index (χ4v) is 3.72. The average Bonchev–Trinajstić information content (AvgIpc) is 2.75. The Balaban J connectivity index is 1.51.